The summed E-state index contributed by atoms with van der Waals surface area (Å²) in [6.45, 7) is 3.59. The number of carbonyl (C=O) groups excluding carboxylic acids is 1. The summed E-state index contributed by atoms with van der Waals surface area (Å²) in [6.07, 6.45) is 4.08. The Hall–Kier alpha value is -1.55. The van der Waals surface area contributed by atoms with Gasteiger partial charge in [-0.25, -0.2) is 0 Å². The largest absolute Gasteiger partial charge is 0.393 e. The van der Waals surface area contributed by atoms with E-state index in [2.05, 4.69) is 29.2 Å². The molecule has 0 atom stereocenters. The van der Waals surface area contributed by atoms with Gasteiger partial charge in [0.05, 0.1) is 6.10 Å². The molecule has 2 fully saturated rings. The van der Waals surface area contributed by atoms with Gasteiger partial charge in [-0.2, -0.15) is 0 Å². The van der Waals surface area contributed by atoms with Gasteiger partial charge >= 0.3 is 0 Å². The first-order chi connectivity index (χ1) is 10.7. The lowest BCUT2D eigenvalue weighted by molar-refractivity contribution is -0.137. The molecule has 3 rings (SSSR count). The van der Waals surface area contributed by atoms with Gasteiger partial charge in [0.15, 0.2) is 0 Å². The molecule has 0 aromatic heterocycles. The lowest BCUT2D eigenvalue weighted by Crippen LogP contribution is -2.40. The van der Waals surface area contributed by atoms with Gasteiger partial charge < -0.3 is 14.9 Å². The van der Waals surface area contributed by atoms with Gasteiger partial charge in [0.2, 0.25) is 5.91 Å². The minimum Gasteiger partial charge on any atom is -0.393 e. The van der Waals surface area contributed by atoms with Crippen LogP contribution in [-0.2, 0) is 4.79 Å². The van der Waals surface area contributed by atoms with Gasteiger partial charge in [-0.15, -0.1) is 0 Å². The molecule has 0 radical (unpaired) electrons. The standard InChI is InChI=1S/C18H26N2O2/c21-17-9-7-15(8-10-17)18(22)20-12-4-11-19(13-14-20)16-5-2-1-3-6-16/h1-3,5-6,15,17,21H,4,7-14H2. The maximum absolute atomic E-state index is 12.7. The van der Waals surface area contributed by atoms with E-state index < -0.39 is 0 Å². The molecule has 0 spiro atoms. The van der Waals surface area contributed by atoms with Crippen LogP contribution in [0.1, 0.15) is 32.1 Å². The van der Waals surface area contributed by atoms with Crippen molar-refractivity contribution in [1.29, 1.82) is 0 Å². The van der Waals surface area contributed by atoms with Crippen molar-refractivity contribution >= 4 is 11.6 Å². The minimum absolute atomic E-state index is 0.131. The first-order valence-corrected chi connectivity index (χ1v) is 8.51. The van der Waals surface area contributed by atoms with Gasteiger partial charge in [0.25, 0.3) is 0 Å². The molecule has 1 saturated carbocycles. The molecule has 1 aromatic rings. The quantitative estimate of drug-likeness (QED) is 0.911. The van der Waals surface area contributed by atoms with Gasteiger partial charge in [0.1, 0.15) is 0 Å². The van der Waals surface area contributed by atoms with E-state index in [4.69, 9.17) is 0 Å². The number of amides is 1. The molecule has 0 bridgehead atoms. The molecule has 1 aliphatic heterocycles. The Labute approximate surface area is 132 Å². The fourth-order valence-electron chi connectivity index (χ4n) is 3.62. The number of nitrogens with zero attached hydrogens (tertiary/aromatic N) is 2. The number of rotatable bonds is 2. The monoisotopic (exact) mass is 302 g/mol. The van der Waals surface area contributed by atoms with Gasteiger partial charge in [-0.3, -0.25) is 4.79 Å². The highest BCUT2D eigenvalue weighted by Crippen LogP contribution is 2.26. The average molecular weight is 302 g/mol. The van der Waals surface area contributed by atoms with Crippen molar-refractivity contribution in [3.8, 4) is 0 Å². The SMILES string of the molecule is O=C(C1CCC(O)CC1)N1CCCN(c2ccccc2)CC1. The highest BCUT2D eigenvalue weighted by atomic mass is 16.3. The summed E-state index contributed by atoms with van der Waals surface area (Å²) >= 11 is 0. The summed E-state index contributed by atoms with van der Waals surface area (Å²) in [5, 5.41) is 9.59. The van der Waals surface area contributed by atoms with E-state index in [1.165, 1.54) is 5.69 Å². The fraction of sp³-hybridized carbons (Fsp3) is 0.611. The summed E-state index contributed by atoms with van der Waals surface area (Å²) in [6, 6.07) is 10.4. The Morgan fingerprint density at radius 2 is 1.68 bits per heavy atom. The third-order valence-corrected chi connectivity index (χ3v) is 4.97. The van der Waals surface area contributed by atoms with Crippen molar-refractivity contribution in [2.45, 2.75) is 38.2 Å². The number of hydrogen-bond acceptors (Lipinski definition) is 3. The van der Waals surface area contributed by atoms with Crippen LogP contribution in [0, 0.1) is 5.92 Å². The third-order valence-electron chi connectivity index (χ3n) is 4.97. The first kappa shape index (κ1) is 15.3. The van der Waals surface area contributed by atoms with E-state index in [9.17, 15) is 9.90 Å². The van der Waals surface area contributed by atoms with Crippen molar-refractivity contribution in [3.05, 3.63) is 30.3 Å². The van der Waals surface area contributed by atoms with Crippen LogP contribution in [0.4, 0.5) is 5.69 Å². The highest BCUT2D eigenvalue weighted by molar-refractivity contribution is 5.79. The van der Waals surface area contributed by atoms with Crippen LogP contribution in [0.25, 0.3) is 0 Å². The second kappa shape index (κ2) is 7.14. The van der Waals surface area contributed by atoms with Crippen LogP contribution in [0.15, 0.2) is 30.3 Å². The maximum Gasteiger partial charge on any atom is 0.225 e. The van der Waals surface area contributed by atoms with Gasteiger partial charge in [-0.05, 0) is 44.2 Å². The summed E-state index contributed by atoms with van der Waals surface area (Å²) < 4.78 is 0. The van der Waals surface area contributed by atoms with Crippen molar-refractivity contribution in [2.24, 2.45) is 5.92 Å². The number of carbonyl (C=O) groups is 1. The minimum atomic E-state index is -0.193. The lowest BCUT2D eigenvalue weighted by Gasteiger charge is -2.30. The van der Waals surface area contributed by atoms with Gasteiger partial charge in [-0.1, -0.05) is 18.2 Å². The molecule has 120 valence electrons. The van der Waals surface area contributed by atoms with E-state index in [1.54, 1.807) is 0 Å². The Morgan fingerprint density at radius 1 is 0.955 bits per heavy atom. The molecule has 22 heavy (non-hydrogen) atoms. The highest BCUT2D eigenvalue weighted by Gasteiger charge is 2.29. The van der Waals surface area contributed by atoms with E-state index >= 15 is 0 Å². The third kappa shape index (κ3) is 3.61. The molecule has 1 amide bonds. The first-order valence-electron chi connectivity index (χ1n) is 8.51. The summed E-state index contributed by atoms with van der Waals surface area (Å²) in [5.41, 5.74) is 1.25. The molecule has 1 heterocycles. The van der Waals surface area contributed by atoms with E-state index in [1.807, 2.05) is 11.0 Å². The number of benzene rings is 1. The lowest BCUT2D eigenvalue weighted by atomic mass is 9.86. The Balaban J connectivity index is 1.57. The molecule has 1 N–H and O–H groups in total. The van der Waals surface area contributed by atoms with Crippen LogP contribution in [0.3, 0.4) is 0 Å². The van der Waals surface area contributed by atoms with Crippen molar-refractivity contribution < 1.29 is 9.90 Å². The zero-order valence-corrected chi connectivity index (χ0v) is 13.2. The number of para-hydroxylation sites is 1. The molecule has 0 unspecified atom stereocenters. The van der Waals surface area contributed by atoms with Crippen LogP contribution in [0.2, 0.25) is 0 Å². The molecule has 1 aromatic carbocycles. The van der Waals surface area contributed by atoms with Gasteiger partial charge in [0, 0.05) is 37.8 Å². The number of aliphatic hydroxyl groups excluding tert-OH is 1. The summed E-state index contributed by atoms with van der Waals surface area (Å²) in [7, 11) is 0. The zero-order chi connectivity index (χ0) is 15.4. The average Bonchev–Trinajstić information content (AvgIpc) is 2.82. The van der Waals surface area contributed by atoms with Crippen LogP contribution in [0.5, 0.6) is 0 Å². The van der Waals surface area contributed by atoms with Crippen molar-refractivity contribution in [3.63, 3.8) is 0 Å². The molecular formula is C18H26N2O2. The Morgan fingerprint density at radius 3 is 2.41 bits per heavy atom. The number of hydrogen-bond donors (Lipinski definition) is 1. The maximum atomic E-state index is 12.7. The molecule has 1 aliphatic carbocycles. The van der Waals surface area contributed by atoms with Crippen LogP contribution in [-0.4, -0.2) is 48.2 Å². The fourth-order valence-corrected chi connectivity index (χ4v) is 3.62. The predicted octanol–water partition coefficient (Wildman–Crippen LogP) is 2.28. The Bertz CT molecular complexity index is 483. The molecule has 4 nitrogen and oxygen atoms in total. The molecule has 4 heteroatoms. The Kier molecular flexibility index (Phi) is 4.98. The smallest absolute Gasteiger partial charge is 0.225 e. The van der Waals surface area contributed by atoms with Crippen molar-refractivity contribution in [1.82, 2.24) is 4.90 Å². The predicted molar refractivity (Wildman–Crippen MR) is 87.8 cm³/mol. The molecule has 1 saturated heterocycles. The topological polar surface area (TPSA) is 43.8 Å². The summed E-state index contributed by atoms with van der Waals surface area (Å²) in [4.78, 5) is 17.1. The van der Waals surface area contributed by atoms with Crippen LogP contribution >= 0.6 is 0 Å². The second-order valence-electron chi connectivity index (χ2n) is 6.51. The number of aliphatic hydroxyl groups is 1. The zero-order valence-electron chi connectivity index (χ0n) is 13.2. The second-order valence-corrected chi connectivity index (χ2v) is 6.51. The molecular weight excluding hydrogens is 276 g/mol. The molecule has 2 aliphatic rings. The van der Waals surface area contributed by atoms with E-state index in [-0.39, 0.29) is 12.0 Å². The van der Waals surface area contributed by atoms with Crippen molar-refractivity contribution in [2.75, 3.05) is 31.1 Å². The van der Waals surface area contributed by atoms with E-state index in [0.29, 0.717) is 5.91 Å². The normalized spacial score (nSPS) is 26.6. The number of anilines is 1. The summed E-state index contributed by atoms with van der Waals surface area (Å²) in [5.74, 6) is 0.438. The van der Waals surface area contributed by atoms with E-state index in [0.717, 1.165) is 58.3 Å². The van der Waals surface area contributed by atoms with Crippen LogP contribution < -0.4 is 4.90 Å².